The van der Waals surface area contributed by atoms with E-state index in [1.807, 2.05) is 30.0 Å². The van der Waals surface area contributed by atoms with Crippen LogP contribution in [0.1, 0.15) is 12.5 Å². The molecule has 1 aliphatic heterocycles. The van der Waals surface area contributed by atoms with E-state index in [9.17, 15) is 13.2 Å². The molecule has 0 radical (unpaired) electrons. The molecular weight excluding hydrogens is 398 g/mol. The number of hydrogen-bond donors (Lipinski definition) is 1. The van der Waals surface area contributed by atoms with Crippen molar-refractivity contribution < 1.29 is 13.2 Å². The third kappa shape index (κ3) is 4.72. The summed E-state index contributed by atoms with van der Waals surface area (Å²) < 4.78 is 26.9. The van der Waals surface area contributed by atoms with Crippen molar-refractivity contribution in [1.29, 1.82) is 0 Å². The number of amides is 1. The van der Waals surface area contributed by atoms with Crippen molar-refractivity contribution in [1.82, 2.24) is 14.5 Å². The fraction of sp³-hybridized carbons (Fsp3) is 0.350. The molecule has 0 aromatic heterocycles. The maximum absolute atomic E-state index is 12.7. The van der Waals surface area contributed by atoms with Crippen LogP contribution in [0, 0.1) is 0 Å². The van der Waals surface area contributed by atoms with Crippen LogP contribution in [0.3, 0.4) is 0 Å². The molecule has 0 saturated carbocycles. The van der Waals surface area contributed by atoms with Gasteiger partial charge in [0.05, 0.1) is 10.9 Å². The van der Waals surface area contributed by atoms with Crippen LogP contribution in [0.5, 0.6) is 0 Å². The molecule has 1 saturated heterocycles. The molecule has 0 spiro atoms. The van der Waals surface area contributed by atoms with Gasteiger partial charge in [-0.15, -0.1) is 0 Å². The molecule has 0 bridgehead atoms. The van der Waals surface area contributed by atoms with E-state index in [4.69, 9.17) is 11.6 Å². The summed E-state index contributed by atoms with van der Waals surface area (Å²) in [6.45, 7) is 3.94. The number of halogens is 1. The Bertz CT molecular complexity index is 913. The molecule has 1 atom stereocenters. The Morgan fingerprint density at radius 1 is 1.04 bits per heavy atom. The lowest BCUT2D eigenvalue weighted by Gasteiger charge is -2.36. The second kappa shape index (κ2) is 9.05. The number of nitrogens with zero attached hydrogens (tertiary/aromatic N) is 2. The number of benzene rings is 2. The van der Waals surface area contributed by atoms with Gasteiger partial charge in [0.15, 0.2) is 0 Å². The highest BCUT2D eigenvalue weighted by atomic mass is 35.5. The van der Waals surface area contributed by atoms with Crippen LogP contribution in [0.4, 0.5) is 0 Å². The first kappa shape index (κ1) is 20.8. The number of hydrogen-bond acceptors (Lipinski definition) is 4. The Kier molecular flexibility index (Phi) is 6.72. The van der Waals surface area contributed by atoms with Gasteiger partial charge in [-0.2, -0.15) is 4.31 Å². The largest absolute Gasteiger partial charge is 0.351 e. The van der Waals surface area contributed by atoms with Crippen molar-refractivity contribution in [3.63, 3.8) is 0 Å². The minimum absolute atomic E-state index is 0.0979. The van der Waals surface area contributed by atoms with Crippen molar-refractivity contribution in [3.8, 4) is 0 Å². The van der Waals surface area contributed by atoms with E-state index < -0.39 is 10.0 Å². The first-order valence-electron chi connectivity index (χ1n) is 9.20. The number of nitrogens with one attached hydrogen (secondary N) is 1. The van der Waals surface area contributed by atoms with Crippen LogP contribution < -0.4 is 5.32 Å². The van der Waals surface area contributed by atoms with Gasteiger partial charge in [-0.3, -0.25) is 9.69 Å². The summed E-state index contributed by atoms with van der Waals surface area (Å²) >= 11 is 6.12. The highest BCUT2D eigenvalue weighted by Gasteiger charge is 2.31. The summed E-state index contributed by atoms with van der Waals surface area (Å²) in [7, 11) is -3.49. The average Bonchev–Trinajstić information content (AvgIpc) is 2.73. The summed E-state index contributed by atoms with van der Waals surface area (Å²) in [6.07, 6.45) is 0. The van der Waals surface area contributed by atoms with Crippen LogP contribution in [-0.4, -0.2) is 55.8 Å². The maximum atomic E-state index is 12.7. The summed E-state index contributed by atoms with van der Waals surface area (Å²) in [6, 6.07) is 15.5. The van der Waals surface area contributed by atoms with Gasteiger partial charge >= 0.3 is 0 Å². The van der Waals surface area contributed by atoms with Gasteiger partial charge in [-0.05, 0) is 30.7 Å². The molecule has 1 heterocycles. The van der Waals surface area contributed by atoms with Crippen molar-refractivity contribution in [2.24, 2.45) is 0 Å². The molecule has 1 fully saturated rings. The third-order valence-corrected chi connectivity index (χ3v) is 7.27. The van der Waals surface area contributed by atoms with Crippen molar-refractivity contribution in [3.05, 3.63) is 65.2 Å². The normalized spacial score (nSPS) is 17.2. The molecule has 0 aliphatic carbocycles. The van der Waals surface area contributed by atoms with E-state index in [1.165, 1.54) is 4.31 Å². The highest BCUT2D eigenvalue weighted by Crippen LogP contribution is 2.18. The van der Waals surface area contributed by atoms with Crippen molar-refractivity contribution >= 4 is 27.5 Å². The van der Waals surface area contributed by atoms with E-state index in [-0.39, 0.29) is 11.9 Å². The van der Waals surface area contributed by atoms with Crippen LogP contribution in [0.2, 0.25) is 5.02 Å². The Hall–Kier alpha value is -1.93. The average molecular weight is 422 g/mol. The summed E-state index contributed by atoms with van der Waals surface area (Å²) in [5, 5.41) is 3.53. The summed E-state index contributed by atoms with van der Waals surface area (Å²) in [4.78, 5) is 14.8. The lowest BCUT2D eigenvalue weighted by atomic mass is 10.2. The van der Waals surface area contributed by atoms with Crippen molar-refractivity contribution in [2.75, 3.05) is 26.2 Å². The van der Waals surface area contributed by atoms with Gasteiger partial charge in [0.2, 0.25) is 15.9 Å². The molecule has 28 heavy (non-hydrogen) atoms. The molecule has 1 N–H and O–H groups in total. The lowest BCUT2D eigenvalue weighted by molar-refractivity contribution is -0.126. The second-order valence-electron chi connectivity index (χ2n) is 6.74. The molecule has 0 unspecified atom stereocenters. The molecule has 6 nitrogen and oxygen atoms in total. The predicted molar refractivity (Wildman–Crippen MR) is 110 cm³/mol. The molecule has 2 aromatic carbocycles. The van der Waals surface area contributed by atoms with Crippen LogP contribution in [0.15, 0.2) is 59.5 Å². The zero-order valence-corrected chi connectivity index (χ0v) is 17.3. The Labute approximate surface area is 171 Å². The molecule has 150 valence electrons. The lowest BCUT2D eigenvalue weighted by Crippen LogP contribution is -2.54. The van der Waals surface area contributed by atoms with Gasteiger partial charge < -0.3 is 5.32 Å². The van der Waals surface area contributed by atoms with E-state index in [0.717, 1.165) is 5.56 Å². The Balaban J connectivity index is 1.54. The quantitative estimate of drug-likeness (QED) is 0.777. The Morgan fingerprint density at radius 2 is 1.64 bits per heavy atom. The number of carbonyl (C=O) groups is 1. The first-order chi connectivity index (χ1) is 13.4. The maximum Gasteiger partial charge on any atom is 0.243 e. The number of sulfonamides is 1. The topological polar surface area (TPSA) is 69.7 Å². The number of piperazine rings is 1. The number of rotatable bonds is 6. The van der Waals surface area contributed by atoms with Crippen molar-refractivity contribution in [2.45, 2.75) is 24.4 Å². The second-order valence-corrected chi connectivity index (χ2v) is 9.08. The Morgan fingerprint density at radius 3 is 2.29 bits per heavy atom. The molecule has 2 aromatic rings. The van der Waals surface area contributed by atoms with E-state index >= 15 is 0 Å². The molecule has 3 rings (SSSR count). The molecule has 8 heteroatoms. The van der Waals surface area contributed by atoms with Gasteiger partial charge in [0, 0.05) is 37.7 Å². The van der Waals surface area contributed by atoms with Crippen LogP contribution in [0.25, 0.3) is 0 Å². The van der Waals surface area contributed by atoms with Crippen LogP contribution in [-0.2, 0) is 21.4 Å². The first-order valence-corrected chi connectivity index (χ1v) is 11.0. The fourth-order valence-electron chi connectivity index (χ4n) is 3.21. The van der Waals surface area contributed by atoms with E-state index in [1.54, 1.807) is 36.4 Å². The smallest absolute Gasteiger partial charge is 0.243 e. The minimum atomic E-state index is -3.49. The van der Waals surface area contributed by atoms with Gasteiger partial charge in [0.1, 0.15) is 0 Å². The summed E-state index contributed by atoms with van der Waals surface area (Å²) in [5.41, 5.74) is 0.864. The highest BCUT2D eigenvalue weighted by molar-refractivity contribution is 7.89. The molecule has 1 aliphatic rings. The van der Waals surface area contributed by atoms with E-state index in [0.29, 0.717) is 42.6 Å². The summed E-state index contributed by atoms with van der Waals surface area (Å²) in [5.74, 6) is -0.0979. The standard InChI is InChI=1S/C20H24ClN3O3S/c1-16(20(25)22-15-17-7-5-6-10-19(17)21)23-11-13-24(14-12-23)28(26,27)18-8-3-2-4-9-18/h2-10,16H,11-15H2,1H3,(H,22,25)/t16-/m0/s1. The van der Waals surface area contributed by atoms with E-state index in [2.05, 4.69) is 5.32 Å². The van der Waals surface area contributed by atoms with Gasteiger partial charge in [0.25, 0.3) is 0 Å². The zero-order valence-electron chi connectivity index (χ0n) is 15.7. The minimum Gasteiger partial charge on any atom is -0.351 e. The SMILES string of the molecule is C[C@@H](C(=O)NCc1ccccc1Cl)N1CCN(S(=O)(=O)c2ccccc2)CC1. The number of carbonyl (C=O) groups excluding carboxylic acids is 1. The van der Waals surface area contributed by atoms with Gasteiger partial charge in [-0.25, -0.2) is 8.42 Å². The fourth-order valence-corrected chi connectivity index (χ4v) is 4.86. The third-order valence-electron chi connectivity index (χ3n) is 4.99. The zero-order chi connectivity index (χ0) is 20.1. The van der Waals surface area contributed by atoms with Crippen LogP contribution >= 0.6 is 11.6 Å². The molecular formula is C20H24ClN3O3S. The van der Waals surface area contributed by atoms with Gasteiger partial charge in [-0.1, -0.05) is 48.0 Å². The molecule has 1 amide bonds. The predicted octanol–water partition coefficient (Wildman–Crippen LogP) is 2.35. The monoisotopic (exact) mass is 421 g/mol.